The maximum absolute atomic E-state index is 5.13. The monoisotopic (exact) mass is 609 g/mol. The summed E-state index contributed by atoms with van der Waals surface area (Å²) in [5.41, 5.74) is 6.57. The summed E-state index contributed by atoms with van der Waals surface area (Å²) in [6.07, 6.45) is 1.88. The van der Waals surface area contributed by atoms with Crippen molar-refractivity contribution >= 4 is 84.8 Å². The summed E-state index contributed by atoms with van der Waals surface area (Å²) in [6.45, 7) is 0. The van der Waals surface area contributed by atoms with E-state index in [0.717, 1.165) is 28.3 Å². The van der Waals surface area contributed by atoms with E-state index in [1.54, 1.807) is 0 Å². The fourth-order valence-electron chi connectivity index (χ4n) is 6.89. The van der Waals surface area contributed by atoms with Crippen molar-refractivity contribution in [2.24, 2.45) is 0 Å². The molecule has 5 heteroatoms. The summed E-state index contributed by atoms with van der Waals surface area (Å²) >= 11 is 3.71. The lowest BCUT2D eigenvalue weighted by Gasteiger charge is -2.10. The van der Waals surface area contributed by atoms with E-state index in [4.69, 9.17) is 9.97 Å². The van der Waals surface area contributed by atoms with Crippen molar-refractivity contribution in [1.29, 1.82) is 0 Å². The van der Waals surface area contributed by atoms with Gasteiger partial charge in [-0.25, -0.2) is 9.97 Å². The van der Waals surface area contributed by atoms with Crippen molar-refractivity contribution in [3.8, 4) is 28.3 Å². The van der Waals surface area contributed by atoms with Crippen LogP contribution < -0.4 is 0 Å². The second kappa shape index (κ2) is 9.57. The molecule has 0 bridgehead atoms. The highest BCUT2D eigenvalue weighted by Gasteiger charge is 2.18. The average Bonchev–Trinajstić information content (AvgIpc) is 3.78. The highest BCUT2D eigenvalue weighted by atomic mass is 32.1. The Bertz CT molecular complexity index is 2780. The van der Waals surface area contributed by atoms with Crippen LogP contribution in [0, 0.1) is 0 Å². The highest BCUT2D eigenvalue weighted by molar-refractivity contribution is 7.27. The third-order valence-corrected chi connectivity index (χ3v) is 11.3. The molecular formula is C40H23N3S2. The topological polar surface area (TPSA) is 30.7 Å². The SMILES string of the molecule is c1cc(-c2nccc(-c3cccc4c3sc3ccccc34)n2)cc(-n2c3ccccc3c3c4sc5ccccc5c4ccc32)c1. The number of thiophene rings is 2. The molecule has 6 aromatic carbocycles. The molecule has 0 fully saturated rings. The molecule has 0 aliphatic heterocycles. The molecule has 4 aromatic heterocycles. The second-order valence-corrected chi connectivity index (χ2v) is 13.5. The van der Waals surface area contributed by atoms with Crippen LogP contribution in [-0.2, 0) is 0 Å². The molecule has 4 heterocycles. The quantitative estimate of drug-likeness (QED) is 0.199. The Balaban J connectivity index is 1.15. The van der Waals surface area contributed by atoms with Crippen LogP contribution >= 0.6 is 22.7 Å². The molecule has 10 rings (SSSR count). The van der Waals surface area contributed by atoms with Crippen molar-refractivity contribution in [1.82, 2.24) is 14.5 Å². The molecule has 0 spiro atoms. The van der Waals surface area contributed by atoms with Crippen molar-refractivity contribution in [2.75, 3.05) is 0 Å². The molecule has 45 heavy (non-hydrogen) atoms. The van der Waals surface area contributed by atoms with E-state index in [0.29, 0.717) is 0 Å². The largest absolute Gasteiger partial charge is 0.309 e. The number of benzene rings is 6. The molecule has 10 aromatic rings. The maximum atomic E-state index is 5.13. The third-order valence-electron chi connectivity index (χ3n) is 8.88. The van der Waals surface area contributed by atoms with Gasteiger partial charge in [0.1, 0.15) is 0 Å². The lowest BCUT2D eigenvalue weighted by Crippen LogP contribution is -1.96. The second-order valence-electron chi connectivity index (χ2n) is 11.4. The van der Waals surface area contributed by atoms with Crippen LogP contribution in [-0.4, -0.2) is 14.5 Å². The fourth-order valence-corrected chi connectivity index (χ4v) is 9.38. The summed E-state index contributed by atoms with van der Waals surface area (Å²) in [5.74, 6) is 0.722. The van der Waals surface area contributed by atoms with Crippen LogP contribution in [0.1, 0.15) is 0 Å². The zero-order valence-corrected chi connectivity index (χ0v) is 25.6. The van der Waals surface area contributed by atoms with Crippen molar-refractivity contribution in [3.05, 3.63) is 140 Å². The first-order valence-electron chi connectivity index (χ1n) is 15.0. The minimum absolute atomic E-state index is 0.722. The van der Waals surface area contributed by atoms with E-state index in [1.165, 1.54) is 62.2 Å². The molecule has 3 nitrogen and oxygen atoms in total. The van der Waals surface area contributed by atoms with Gasteiger partial charge in [-0.05, 0) is 42.5 Å². The normalized spacial score (nSPS) is 12.0. The fraction of sp³-hybridized carbons (Fsp3) is 0. The molecule has 0 amide bonds. The molecular weight excluding hydrogens is 587 g/mol. The van der Waals surface area contributed by atoms with Crippen LogP contribution in [0.4, 0.5) is 0 Å². The molecule has 0 aliphatic carbocycles. The van der Waals surface area contributed by atoms with Crippen LogP contribution in [0.3, 0.4) is 0 Å². The van der Waals surface area contributed by atoms with Gasteiger partial charge in [0.15, 0.2) is 5.82 Å². The van der Waals surface area contributed by atoms with Crippen molar-refractivity contribution in [3.63, 3.8) is 0 Å². The van der Waals surface area contributed by atoms with Gasteiger partial charge in [0.2, 0.25) is 0 Å². The lowest BCUT2D eigenvalue weighted by molar-refractivity contribution is 1.16. The van der Waals surface area contributed by atoms with Crippen LogP contribution in [0.2, 0.25) is 0 Å². The maximum Gasteiger partial charge on any atom is 0.159 e. The molecule has 0 saturated carbocycles. The van der Waals surface area contributed by atoms with E-state index < -0.39 is 0 Å². The highest BCUT2D eigenvalue weighted by Crippen LogP contribution is 2.44. The van der Waals surface area contributed by atoms with Gasteiger partial charge < -0.3 is 4.57 Å². The van der Waals surface area contributed by atoms with E-state index in [1.807, 2.05) is 34.9 Å². The number of aromatic nitrogens is 3. The van der Waals surface area contributed by atoms with Crippen LogP contribution in [0.5, 0.6) is 0 Å². The zero-order chi connectivity index (χ0) is 29.5. The Labute approximate surface area is 266 Å². The van der Waals surface area contributed by atoms with Crippen molar-refractivity contribution in [2.45, 2.75) is 0 Å². The van der Waals surface area contributed by atoms with E-state index >= 15 is 0 Å². The van der Waals surface area contributed by atoms with Gasteiger partial charge in [-0.3, -0.25) is 0 Å². The molecule has 0 radical (unpaired) electrons. The molecule has 0 aliphatic rings. The first-order chi connectivity index (χ1) is 22.3. The summed E-state index contributed by atoms with van der Waals surface area (Å²) < 4.78 is 7.60. The molecule has 0 N–H and O–H groups in total. The number of para-hydroxylation sites is 1. The van der Waals surface area contributed by atoms with E-state index in [2.05, 4.69) is 132 Å². The Kier molecular flexibility index (Phi) is 5.32. The molecule has 210 valence electrons. The Morgan fingerprint density at radius 3 is 2.04 bits per heavy atom. The van der Waals surface area contributed by atoms with Gasteiger partial charge in [0, 0.05) is 74.1 Å². The lowest BCUT2D eigenvalue weighted by atomic mass is 10.1. The molecule has 0 atom stereocenters. The molecule has 0 unspecified atom stereocenters. The number of hydrogen-bond donors (Lipinski definition) is 0. The molecule has 0 saturated heterocycles. The van der Waals surface area contributed by atoms with E-state index in [-0.39, 0.29) is 0 Å². The Hall–Kier alpha value is -5.36. The summed E-state index contributed by atoms with van der Waals surface area (Å²) in [4.78, 5) is 9.89. The standard InChI is InChI=1S/C40H23N3S2/c1-4-16-33-31(13-1)37-34(20-19-29-27-12-3-6-18-36(27)45-39(29)37)43(33)25-10-7-9-24(23-25)40-41-22-21-32(42-40)30-15-8-14-28-26-11-2-5-17-35(26)44-38(28)30/h1-23H. The summed E-state index contributed by atoms with van der Waals surface area (Å²) in [6, 6.07) is 47.8. The van der Waals surface area contributed by atoms with Gasteiger partial charge in [-0.1, -0.05) is 91.0 Å². The first-order valence-corrected chi connectivity index (χ1v) is 16.6. The zero-order valence-electron chi connectivity index (χ0n) is 23.9. The predicted molar refractivity (Wildman–Crippen MR) is 193 cm³/mol. The first kappa shape index (κ1) is 25.0. The minimum atomic E-state index is 0.722. The number of rotatable bonds is 3. The number of hydrogen-bond acceptors (Lipinski definition) is 4. The van der Waals surface area contributed by atoms with Gasteiger partial charge in [0.25, 0.3) is 0 Å². The van der Waals surface area contributed by atoms with Gasteiger partial charge in [-0.2, -0.15) is 0 Å². The van der Waals surface area contributed by atoms with Gasteiger partial charge >= 0.3 is 0 Å². The van der Waals surface area contributed by atoms with Crippen molar-refractivity contribution < 1.29 is 0 Å². The number of nitrogens with zero attached hydrogens (tertiary/aromatic N) is 3. The van der Waals surface area contributed by atoms with E-state index in [9.17, 15) is 0 Å². The summed E-state index contributed by atoms with van der Waals surface area (Å²) in [5, 5.41) is 7.78. The smallest absolute Gasteiger partial charge is 0.159 e. The summed E-state index contributed by atoms with van der Waals surface area (Å²) in [7, 11) is 0. The Morgan fingerprint density at radius 1 is 0.511 bits per heavy atom. The minimum Gasteiger partial charge on any atom is -0.309 e. The van der Waals surface area contributed by atoms with Crippen LogP contribution in [0.25, 0.3) is 90.5 Å². The average molecular weight is 610 g/mol. The van der Waals surface area contributed by atoms with Gasteiger partial charge in [-0.15, -0.1) is 22.7 Å². The van der Waals surface area contributed by atoms with Crippen LogP contribution in [0.15, 0.2) is 140 Å². The Morgan fingerprint density at radius 2 is 1.20 bits per heavy atom. The third kappa shape index (κ3) is 3.69. The van der Waals surface area contributed by atoms with Gasteiger partial charge in [0.05, 0.1) is 16.7 Å². The number of fused-ring (bicyclic) bond motifs is 10. The predicted octanol–water partition coefficient (Wildman–Crippen LogP) is 11.6.